The minimum atomic E-state index is -1.02. The summed E-state index contributed by atoms with van der Waals surface area (Å²) in [5.74, 6) is -2.02. The van der Waals surface area contributed by atoms with Crippen LogP contribution in [0.1, 0.15) is 115 Å². The second-order valence-electron chi connectivity index (χ2n) is 14.4. The van der Waals surface area contributed by atoms with Gasteiger partial charge >= 0.3 is 29.8 Å². The predicted octanol–water partition coefficient (Wildman–Crippen LogP) is 5.88. The predicted molar refractivity (Wildman–Crippen MR) is 170 cm³/mol. The quantitative estimate of drug-likeness (QED) is 0.146. The number of Topliss-reactive ketones (excluding diaryl/α,β-unsaturated/α-hetero) is 1. The summed E-state index contributed by atoms with van der Waals surface area (Å²) < 4.78 is 24.4. The van der Waals surface area contributed by atoms with Crippen LogP contribution < -0.4 is 0 Å². The first-order chi connectivity index (χ1) is 20.3. The SMILES string of the molecule is CCC(C)(CC(C)(CC(C)(C)C(=O)OC)C(=O)OC)C(=O)OC.CCC(C)(CC(C)(CC(C)(C)C(=O)OC)C(=O)OC)C(C)=O. The first-order valence-electron chi connectivity index (χ1n) is 15.2. The van der Waals surface area contributed by atoms with Crippen LogP contribution in [0.15, 0.2) is 0 Å². The summed E-state index contributed by atoms with van der Waals surface area (Å²) in [5.41, 5.74) is -5.17. The molecule has 11 heteroatoms. The highest BCUT2D eigenvalue weighted by molar-refractivity contribution is 5.85. The van der Waals surface area contributed by atoms with E-state index in [4.69, 9.17) is 23.7 Å². The minimum absolute atomic E-state index is 0.0287. The molecule has 45 heavy (non-hydrogen) atoms. The summed E-state index contributed by atoms with van der Waals surface area (Å²) in [4.78, 5) is 72.8. The number of hydrogen-bond donors (Lipinski definition) is 0. The second kappa shape index (κ2) is 17.1. The molecule has 0 bridgehead atoms. The minimum Gasteiger partial charge on any atom is -0.469 e. The van der Waals surface area contributed by atoms with Crippen LogP contribution in [-0.2, 0) is 52.5 Å². The highest BCUT2D eigenvalue weighted by Crippen LogP contribution is 2.46. The molecule has 0 rings (SSSR count). The molecule has 0 aromatic rings. The van der Waals surface area contributed by atoms with Gasteiger partial charge < -0.3 is 23.7 Å². The van der Waals surface area contributed by atoms with Crippen molar-refractivity contribution < 1.29 is 52.5 Å². The summed E-state index contributed by atoms with van der Waals surface area (Å²) in [6, 6.07) is 0. The molecule has 11 nitrogen and oxygen atoms in total. The number of methoxy groups -OCH3 is 5. The van der Waals surface area contributed by atoms with E-state index >= 15 is 0 Å². The molecule has 0 aliphatic rings. The molecule has 4 atom stereocenters. The van der Waals surface area contributed by atoms with Gasteiger partial charge in [-0.2, -0.15) is 0 Å². The third-order valence-electron chi connectivity index (χ3n) is 9.15. The Labute approximate surface area is 270 Å². The van der Waals surface area contributed by atoms with Crippen molar-refractivity contribution in [3.05, 3.63) is 0 Å². The molecule has 0 aromatic carbocycles. The fourth-order valence-corrected chi connectivity index (χ4v) is 6.36. The highest BCUT2D eigenvalue weighted by Gasteiger charge is 2.50. The van der Waals surface area contributed by atoms with E-state index in [9.17, 15) is 28.8 Å². The Hall–Kier alpha value is -2.98. The zero-order chi connectivity index (χ0) is 36.2. The molecule has 0 aliphatic heterocycles. The summed E-state index contributed by atoms with van der Waals surface area (Å²) in [7, 11) is 6.58. The van der Waals surface area contributed by atoms with Crippen molar-refractivity contribution in [2.24, 2.45) is 32.5 Å². The molecule has 262 valence electrons. The molecule has 0 aliphatic carbocycles. The molecule has 0 radical (unpaired) electrons. The van der Waals surface area contributed by atoms with Gasteiger partial charge in [0.15, 0.2) is 0 Å². The summed E-state index contributed by atoms with van der Waals surface area (Å²) in [6.07, 6.45) is 2.13. The Bertz CT molecular complexity index is 1060. The zero-order valence-electron chi connectivity index (χ0n) is 30.7. The van der Waals surface area contributed by atoms with Gasteiger partial charge in [0, 0.05) is 5.41 Å². The molecule has 0 heterocycles. The summed E-state index contributed by atoms with van der Waals surface area (Å²) >= 11 is 0. The van der Waals surface area contributed by atoms with Gasteiger partial charge in [-0.1, -0.05) is 20.8 Å². The monoisotopic (exact) mass is 644 g/mol. The average Bonchev–Trinajstić information content (AvgIpc) is 2.97. The first-order valence-corrected chi connectivity index (χ1v) is 15.2. The van der Waals surface area contributed by atoms with Gasteiger partial charge in [0.1, 0.15) is 5.78 Å². The van der Waals surface area contributed by atoms with Crippen molar-refractivity contribution in [1.82, 2.24) is 0 Å². The topological polar surface area (TPSA) is 149 Å². The smallest absolute Gasteiger partial charge is 0.311 e. The Morgan fingerprint density at radius 3 is 0.867 bits per heavy atom. The van der Waals surface area contributed by atoms with Crippen LogP contribution in [0.3, 0.4) is 0 Å². The highest BCUT2D eigenvalue weighted by atomic mass is 16.5. The van der Waals surface area contributed by atoms with Gasteiger partial charge in [-0.25, -0.2) is 0 Å². The lowest BCUT2D eigenvalue weighted by atomic mass is 9.64. The van der Waals surface area contributed by atoms with E-state index in [2.05, 4.69) is 0 Å². The van der Waals surface area contributed by atoms with Crippen molar-refractivity contribution in [2.75, 3.05) is 35.5 Å². The van der Waals surface area contributed by atoms with E-state index in [1.54, 1.807) is 48.5 Å². The molecule has 0 spiro atoms. The number of ketones is 1. The molecule has 0 saturated carbocycles. The van der Waals surface area contributed by atoms with E-state index in [1.807, 2.05) is 20.8 Å². The number of esters is 5. The van der Waals surface area contributed by atoms with Gasteiger partial charge in [0.2, 0.25) is 0 Å². The van der Waals surface area contributed by atoms with E-state index in [1.165, 1.54) is 42.5 Å². The zero-order valence-corrected chi connectivity index (χ0v) is 30.7. The Kier molecular flexibility index (Phi) is 16.8. The van der Waals surface area contributed by atoms with Crippen molar-refractivity contribution in [3.8, 4) is 0 Å². The number of rotatable bonds is 16. The van der Waals surface area contributed by atoms with E-state index in [0.29, 0.717) is 19.3 Å². The van der Waals surface area contributed by atoms with Gasteiger partial charge in [-0.15, -0.1) is 0 Å². The van der Waals surface area contributed by atoms with Crippen molar-refractivity contribution in [3.63, 3.8) is 0 Å². The van der Waals surface area contributed by atoms with E-state index in [-0.39, 0.29) is 37.0 Å². The molecule has 0 amide bonds. The number of carbonyl (C=O) groups excluding carboxylic acids is 6. The van der Waals surface area contributed by atoms with Crippen molar-refractivity contribution in [2.45, 2.75) is 115 Å². The maximum atomic E-state index is 12.4. The molecule has 0 saturated heterocycles. The Morgan fingerprint density at radius 1 is 0.400 bits per heavy atom. The Morgan fingerprint density at radius 2 is 0.644 bits per heavy atom. The van der Waals surface area contributed by atoms with Gasteiger partial charge in [0.25, 0.3) is 0 Å². The third-order valence-corrected chi connectivity index (χ3v) is 9.15. The van der Waals surface area contributed by atoms with Crippen LogP contribution in [-0.4, -0.2) is 71.2 Å². The van der Waals surface area contributed by atoms with Crippen LogP contribution in [0, 0.1) is 32.5 Å². The fraction of sp³-hybridized carbons (Fsp3) is 0.824. The van der Waals surface area contributed by atoms with Crippen molar-refractivity contribution in [1.29, 1.82) is 0 Å². The summed E-state index contributed by atoms with van der Waals surface area (Å²) in [5, 5.41) is 0. The largest absolute Gasteiger partial charge is 0.469 e. The summed E-state index contributed by atoms with van der Waals surface area (Å²) in [6.45, 7) is 19.3. The Balaban J connectivity index is 0. The van der Waals surface area contributed by atoms with Gasteiger partial charge in [0.05, 0.1) is 62.6 Å². The molecular weight excluding hydrogens is 584 g/mol. The molecule has 0 aromatic heterocycles. The second-order valence-corrected chi connectivity index (χ2v) is 14.4. The molecular formula is C34H60O11. The maximum Gasteiger partial charge on any atom is 0.311 e. The molecule has 4 unspecified atom stereocenters. The van der Waals surface area contributed by atoms with Crippen LogP contribution in [0.5, 0.6) is 0 Å². The lowest BCUT2D eigenvalue weighted by Crippen LogP contribution is -2.43. The average molecular weight is 645 g/mol. The lowest BCUT2D eigenvalue weighted by molar-refractivity contribution is -0.166. The molecule has 0 fully saturated rings. The number of carbonyl (C=O) groups is 6. The lowest BCUT2D eigenvalue weighted by Gasteiger charge is -2.39. The standard InChI is InChI=1S/C17H30O6.C17H30O5/c1-9-16(4,13(19)22-7)11-17(5,14(20)23-8)10-15(2,3)12(18)21-6;1-9-16(5,12(2)18)11-17(6,14(20)22-8)10-15(3,4)13(19)21-7/h9-11H2,1-8H3;9-11H2,1-8H3. The van der Waals surface area contributed by atoms with Gasteiger partial charge in [-0.3, -0.25) is 28.8 Å². The van der Waals surface area contributed by atoms with Crippen molar-refractivity contribution >= 4 is 35.6 Å². The normalized spacial score (nSPS) is 16.9. The van der Waals surface area contributed by atoms with E-state index in [0.717, 1.165) is 0 Å². The van der Waals surface area contributed by atoms with Crippen LogP contribution in [0.2, 0.25) is 0 Å². The van der Waals surface area contributed by atoms with Gasteiger partial charge in [-0.05, 0) is 93.9 Å². The number of ether oxygens (including phenoxy) is 5. The van der Waals surface area contributed by atoms with Crippen LogP contribution in [0.4, 0.5) is 0 Å². The number of hydrogen-bond acceptors (Lipinski definition) is 11. The van der Waals surface area contributed by atoms with E-state index < -0.39 is 50.4 Å². The van der Waals surface area contributed by atoms with Crippen LogP contribution in [0.25, 0.3) is 0 Å². The maximum absolute atomic E-state index is 12.4. The van der Waals surface area contributed by atoms with Crippen LogP contribution >= 0.6 is 0 Å². The third kappa shape index (κ3) is 11.7. The molecule has 0 N–H and O–H groups in total. The first kappa shape index (κ1) is 44.1. The fourth-order valence-electron chi connectivity index (χ4n) is 6.36.